The summed E-state index contributed by atoms with van der Waals surface area (Å²) in [6.45, 7) is 7.66. The first-order valence-electron chi connectivity index (χ1n) is 4.40. The summed E-state index contributed by atoms with van der Waals surface area (Å²) in [4.78, 5) is 8.92. The lowest BCUT2D eigenvalue weighted by atomic mass is 10.1. The Hall–Kier alpha value is -1.35. The van der Waals surface area contributed by atoms with E-state index in [1.54, 1.807) is 20.2 Å². The molecule has 3 heteroatoms. The highest BCUT2D eigenvalue weighted by Gasteiger charge is 2.03. The van der Waals surface area contributed by atoms with Crippen molar-refractivity contribution in [2.75, 3.05) is 14.2 Å². The van der Waals surface area contributed by atoms with Crippen LogP contribution in [0.5, 0.6) is 0 Å². The highest BCUT2D eigenvalue weighted by molar-refractivity contribution is 6.00. The quantitative estimate of drug-likeness (QED) is 0.322. The van der Waals surface area contributed by atoms with Gasteiger partial charge in [-0.05, 0) is 13.8 Å². The van der Waals surface area contributed by atoms with Crippen molar-refractivity contribution in [2.45, 2.75) is 13.8 Å². The van der Waals surface area contributed by atoms with Crippen molar-refractivity contribution in [1.82, 2.24) is 5.48 Å². The maximum Gasteiger partial charge on any atom is 0.152 e. The van der Waals surface area contributed by atoms with Gasteiger partial charge in [0.05, 0.1) is 7.11 Å². The molecule has 0 spiro atoms. The van der Waals surface area contributed by atoms with Crippen molar-refractivity contribution in [3.63, 3.8) is 0 Å². The number of amidine groups is 1. The molecule has 0 amide bonds. The van der Waals surface area contributed by atoms with Crippen molar-refractivity contribution in [1.29, 1.82) is 0 Å². The molecule has 0 heterocycles. The molecule has 0 fully saturated rings. The van der Waals surface area contributed by atoms with E-state index >= 15 is 0 Å². The molecule has 0 saturated carbocycles. The minimum Gasteiger partial charge on any atom is -0.278 e. The standard InChI is InChI=1S/C11H18N2O/c1-6-7-8-10(9(2)3)11(12-4)13-14-5/h6-8H,1H2,2-5H3,(H,12,13)/b8-7-. The van der Waals surface area contributed by atoms with Crippen LogP contribution in [0.4, 0.5) is 0 Å². The normalized spacial score (nSPS) is 11.6. The lowest BCUT2D eigenvalue weighted by molar-refractivity contribution is 0.145. The average molecular weight is 194 g/mol. The molecule has 0 aromatic heterocycles. The third kappa shape index (κ3) is 4.05. The summed E-state index contributed by atoms with van der Waals surface area (Å²) in [7, 11) is 3.27. The molecule has 0 aliphatic carbocycles. The van der Waals surface area contributed by atoms with Gasteiger partial charge >= 0.3 is 0 Å². The molecule has 0 radical (unpaired) electrons. The van der Waals surface area contributed by atoms with Crippen molar-refractivity contribution < 1.29 is 4.84 Å². The Labute approximate surface area is 85.8 Å². The highest BCUT2D eigenvalue weighted by Crippen LogP contribution is 2.06. The van der Waals surface area contributed by atoms with E-state index in [2.05, 4.69) is 17.1 Å². The van der Waals surface area contributed by atoms with E-state index in [9.17, 15) is 0 Å². The average Bonchev–Trinajstić information content (AvgIpc) is 2.16. The predicted molar refractivity (Wildman–Crippen MR) is 61.2 cm³/mol. The second kappa shape index (κ2) is 7.09. The van der Waals surface area contributed by atoms with Crippen LogP contribution >= 0.6 is 0 Å². The SMILES string of the molecule is C=C/C=C\C(C(=NC)NOC)=C(C)C. The summed E-state index contributed by atoms with van der Waals surface area (Å²) in [5.74, 6) is 0.714. The lowest BCUT2D eigenvalue weighted by Crippen LogP contribution is -2.24. The van der Waals surface area contributed by atoms with Gasteiger partial charge in [-0.15, -0.1) is 0 Å². The Balaban J connectivity index is 4.92. The molecule has 0 unspecified atom stereocenters. The van der Waals surface area contributed by atoms with E-state index in [1.165, 1.54) is 0 Å². The minimum absolute atomic E-state index is 0.714. The first kappa shape index (κ1) is 12.7. The van der Waals surface area contributed by atoms with E-state index in [-0.39, 0.29) is 0 Å². The maximum atomic E-state index is 4.83. The summed E-state index contributed by atoms with van der Waals surface area (Å²) in [5, 5.41) is 0. The molecule has 0 rings (SSSR count). The zero-order chi connectivity index (χ0) is 11.0. The van der Waals surface area contributed by atoms with Crippen molar-refractivity contribution >= 4 is 5.84 Å². The second-order valence-electron chi connectivity index (χ2n) is 2.89. The molecule has 0 atom stereocenters. The lowest BCUT2D eigenvalue weighted by Gasteiger charge is -2.09. The summed E-state index contributed by atoms with van der Waals surface area (Å²) >= 11 is 0. The maximum absolute atomic E-state index is 4.83. The zero-order valence-electron chi connectivity index (χ0n) is 9.29. The van der Waals surface area contributed by atoms with E-state index in [4.69, 9.17) is 4.84 Å². The molecule has 3 nitrogen and oxygen atoms in total. The molecule has 0 aromatic carbocycles. The third-order valence-corrected chi connectivity index (χ3v) is 1.62. The molecule has 0 saturated heterocycles. The number of nitrogens with one attached hydrogen (secondary N) is 1. The van der Waals surface area contributed by atoms with Gasteiger partial charge in [0.25, 0.3) is 0 Å². The molecular weight excluding hydrogens is 176 g/mol. The molecule has 0 aromatic rings. The Morgan fingerprint density at radius 1 is 1.43 bits per heavy atom. The molecular formula is C11H18N2O. The van der Waals surface area contributed by atoms with Crippen LogP contribution in [0.3, 0.4) is 0 Å². The number of hydroxylamine groups is 1. The van der Waals surface area contributed by atoms with Crippen molar-refractivity contribution in [3.05, 3.63) is 36.0 Å². The van der Waals surface area contributed by atoms with E-state index < -0.39 is 0 Å². The number of hydrogen-bond donors (Lipinski definition) is 1. The van der Waals surface area contributed by atoms with Crippen LogP contribution in [-0.4, -0.2) is 20.0 Å². The first-order chi connectivity index (χ1) is 6.67. The Bertz CT molecular complexity index is 271. The summed E-state index contributed by atoms with van der Waals surface area (Å²) in [6, 6.07) is 0. The van der Waals surface area contributed by atoms with Gasteiger partial charge in [-0.25, -0.2) is 5.48 Å². The summed E-state index contributed by atoms with van der Waals surface area (Å²) < 4.78 is 0. The second-order valence-corrected chi connectivity index (χ2v) is 2.89. The van der Waals surface area contributed by atoms with Crippen LogP contribution in [0.25, 0.3) is 0 Å². The number of allylic oxidation sites excluding steroid dienone is 3. The number of nitrogens with zero attached hydrogens (tertiary/aromatic N) is 1. The van der Waals surface area contributed by atoms with Crippen LogP contribution < -0.4 is 5.48 Å². The largest absolute Gasteiger partial charge is 0.278 e. The highest BCUT2D eigenvalue weighted by atomic mass is 16.6. The van der Waals surface area contributed by atoms with Gasteiger partial charge in [0.15, 0.2) is 5.84 Å². The number of hydrogen-bond acceptors (Lipinski definition) is 2. The van der Waals surface area contributed by atoms with Crippen LogP contribution in [0.15, 0.2) is 40.9 Å². The Morgan fingerprint density at radius 2 is 2.07 bits per heavy atom. The van der Waals surface area contributed by atoms with E-state index in [0.717, 1.165) is 11.1 Å². The molecule has 0 aliphatic rings. The molecule has 78 valence electrons. The van der Waals surface area contributed by atoms with Crippen molar-refractivity contribution in [2.24, 2.45) is 4.99 Å². The van der Waals surface area contributed by atoms with Gasteiger partial charge in [0.1, 0.15) is 0 Å². The van der Waals surface area contributed by atoms with Gasteiger partial charge in [-0.1, -0.05) is 30.4 Å². The van der Waals surface area contributed by atoms with Gasteiger partial charge in [0, 0.05) is 12.6 Å². The van der Waals surface area contributed by atoms with Gasteiger partial charge < -0.3 is 0 Å². The van der Waals surface area contributed by atoms with Gasteiger partial charge in [0.2, 0.25) is 0 Å². The topological polar surface area (TPSA) is 33.6 Å². The summed E-state index contributed by atoms with van der Waals surface area (Å²) in [6.07, 6.45) is 5.53. The molecule has 1 N–H and O–H groups in total. The fourth-order valence-corrected chi connectivity index (χ4v) is 0.964. The van der Waals surface area contributed by atoms with Crippen LogP contribution in [0.2, 0.25) is 0 Å². The predicted octanol–water partition coefficient (Wildman–Crippen LogP) is 2.24. The third-order valence-electron chi connectivity index (χ3n) is 1.62. The molecule has 14 heavy (non-hydrogen) atoms. The van der Waals surface area contributed by atoms with Crippen LogP contribution in [0, 0.1) is 0 Å². The number of aliphatic imine (C=N–C) groups is 1. The summed E-state index contributed by atoms with van der Waals surface area (Å²) in [5.41, 5.74) is 4.90. The van der Waals surface area contributed by atoms with Gasteiger partial charge in [-0.3, -0.25) is 9.83 Å². The van der Waals surface area contributed by atoms with Crippen LogP contribution in [-0.2, 0) is 4.84 Å². The molecule has 0 aliphatic heterocycles. The molecule has 0 bridgehead atoms. The Morgan fingerprint density at radius 3 is 2.43 bits per heavy atom. The van der Waals surface area contributed by atoms with Gasteiger partial charge in [-0.2, -0.15) is 0 Å². The smallest absolute Gasteiger partial charge is 0.152 e. The Kier molecular flexibility index (Phi) is 6.41. The monoisotopic (exact) mass is 194 g/mol. The van der Waals surface area contributed by atoms with E-state index in [1.807, 2.05) is 26.0 Å². The van der Waals surface area contributed by atoms with Crippen LogP contribution in [0.1, 0.15) is 13.8 Å². The fraction of sp³-hybridized carbons (Fsp3) is 0.364. The number of rotatable bonds is 4. The minimum atomic E-state index is 0.714. The fourth-order valence-electron chi connectivity index (χ4n) is 0.964. The zero-order valence-corrected chi connectivity index (χ0v) is 9.29. The first-order valence-corrected chi connectivity index (χ1v) is 4.40. The van der Waals surface area contributed by atoms with E-state index in [0.29, 0.717) is 5.84 Å². The van der Waals surface area contributed by atoms with Crippen molar-refractivity contribution in [3.8, 4) is 0 Å².